The molecule has 184 valence electrons. The Morgan fingerprint density at radius 2 is 1.65 bits per heavy atom. The standard InChI is InChI=1S/C21H23F6N7/c1-2-34-10-29-16-17(32-19(33-18(16)34)31-15-6-4-3-5-14(15)28)30-13-8-11(20(22,23)24)7-12(9-13)21(25,26)27/h7-10,14-15H,2-6,28H2,1H3,(H2,30,31,32,33). The highest BCUT2D eigenvalue weighted by molar-refractivity contribution is 5.86. The molecule has 3 aromatic rings. The zero-order valence-corrected chi connectivity index (χ0v) is 18.1. The maximum Gasteiger partial charge on any atom is 0.416 e. The number of hydrogen-bond donors (Lipinski definition) is 3. The molecule has 7 nitrogen and oxygen atoms in total. The summed E-state index contributed by atoms with van der Waals surface area (Å²) < 4.78 is 81.4. The van der Waals surface area contributed by atoms with Gasteiger partial charge in [0, 0.05) is 24.3 Å². The third kappa shape index (κ3) is 5.03. The van der Waals surface area contributed by atoms with Crippen LogP contribution in [0.25, 0.3) is 11.2 Å². The van der Waals surface area contributed by atoms with Gasteiger partial charge in [-0.1, -0.05) is 12.8 Å². The normalized spacial score (nSPS) is 19.4. The second-order valence-corrected chi connectivity index (χ2v) is 8.22. The van der Waals surface area contributed by atoms with Gasteiger partial charge in [-0.25, -0.2) is 4.98 Å². The van der Waals surface area contributed by atoms with Crippen LogP contribution in [0.5, 0.6) is 0 Å². The van der Waals surface area contributed by atoms with Crippen molar-refractivity contribution in [3.8, 4) is 0 Å². The highest BCUT2D eigenvalue weighted by Gasteiger charge is 2.37. The van der Waals surface area contributed by atoms with Gasteiger partial charge in [0.2, 0.25) is 5.95 Å². The molecule has 2 aromatic heterocycles. The molecule has 4 N–H and O–H groups in total. The van der Waals surface area contributed by atoms with Gasteiger partial charge < -0.3 is 20.9 Å². The fourth-order valence-corrected chi connectivity index (χ4v) is 4.00. The fourth-order valence-electron chi connectivity index (χ4n) is 4.00. The molecule has 2 atom stereocenters. The van der Waals surface area contributed by atoms with E-state index >= 15 is 0 Å². The number of nitrogens with two attached hydrogens (primary N) is 1. The molecule has 1 saturated carbocycles. The average molecular weight is 487 g/mol. The van der Waals surface area contributed by atoms with E-state index in [1.807, 2.05) is 6.92 Å². The Kier molecular flexibility index (Phi) is 6.32. The first-order chi connectivity index (χ1) is 16.0. The van der Waals surface area contributed by atoms with Gasteiger partial charge in [-0.2, -0.15) is 36.3 Å². The topological polar surface area (TPSA) is 93.7 Å². The molecule has 1 aromatic carbocycles. The Morgan fingerprint density at radius 3 is 2.24 bits per heavy atom. The fraction of sp³-hybridized carbons (Fsp3) is 0.476. The van der Waals surface area contributed by atoms with Crippen LogP contribution in [0.4, 0.5) is 43.8 Å². The second kappa shape index (κ2) is 8.93. The molecule has 2 heterocycles. The third-order valence-electron chi connectivity index (χ3n) is 5.79. The van der Waals surface area contributed by atoms with Crippen LogP contribution >= 0.6 is 0 Å². The maximum atomic E-state index is 13.3. The average Bonchev–Trinajstić information content (AvgIpc) is 3.17. The van der Waals surface area contributed by atoms with E-state index in [1.165, 1.54) is 6.33 Å². The number of nitrogens with zero attached hydrogens (tertiary/aromatic N) is 4. The third-order valence-corrected chi connectivity index (χ3v) is 5.79. The van der Waals surface area contributed by atoms with Crippen molar-refractivity contribution in [2.75, 3.05) is 10.6 Å². The smallest absolute Gasteiger partial charge is 0.350 e. The summed E-state index contributed by atoms with van der Waals surface area (Å²) in [6.45, 7) is 2.35. The van der Waals surface area contributed by atoms with Crippen LogP contribution < -0.4 is 16.4 Å². The molecule has 34 heavy (non-hydrogen) atoms. The summed E-state index contributed by atoms with van der Waals surface area (Å²) >= 11 is 0. The van der Waals surface area contributed by atoms with E-state index in [2.05, 4.69) is 25.6 Å². The Bertz CT molecular complexity index is 1140. The summed E-state index contributed by atoms with van der Waals surface area (Å²) in [7, 11) is 0. The van der Waals surface area contributed by atoms with Crippen LogP contribution in [-0.2, 0) is 18.9 Å². The highest BCUT2D eigenvalue weighted by atomic mass is 19.4. The summed E-state index contributed by atoms with van der Waals surface area (Å²) in [5.41, 5.74) is 3.50. The lowest BCUT2D eigenvalue weighted by atomic mass is 9.91. The Hall–Kier alpha value is -3.09. The number of imidazole rings is 1. The molecule has 13 heteroatoms. The summed E-state index contributed by atoms with van der Waals surface area (Å²) in [5, 5.41) is 5.77. The number of fused-ring (bicyclic) bond motifs is 1. The van der Waals surface area contributed by atoms with Crippen LogP contribution in [0.1, 0.15) is 43.7 Å². The Balaban J connectivity index is 1.77. The first-order valence-electron chi connectivity index (χ1n) is 10.8. The lowest BCUT2D eigenvalue weighted by Gasteiger charge is -2.29. The molecule has 1 aliphatic carbocycles. The number of anilines is 3. The van der Waals surface area contributed by atoms with E-state index < -0.39 is 29.2 Å². The van der Waals surface area contributed by atoms with Crippen molar-refractivity contribution < 1.29 is 26.3 Å². The van der Waals surface area contributed by atoms with Crippen LogP contribution in [-0.4, -0.2) is 31.6 Å². The molecule has 0 amide bonds. The molecule has 0 bridgehead atoms. The van der Waals surface area contributed by atoms with Gasteiger partial charge in [-0.05, 0) is 38.0 Å². The summed E-state index contributed by atoms with van der Waals surface area (Å²) in [6, 6.07) is 1.04. The Morgan fingerprint density at radius 1 is 1.00 bits per heavy atom. The second-order valence-electron chi connectivity index (χ2n) is 8.22. The highest BCUT2D eigenvalue weighted by Crippen LogP contribution is 2.38. The number of hydrogen-bond acceptors (Lipinski definition) is 6. The SMILES string of the molecule is CCn1cnc2c(Nc3cc(C(F)(F)F)cc(C(F)(F)F)c3)nc(NC3CCCCC3N)nc21. The molecule has 0 radical (unpaired) electrons. The number of nitrogens with one attached hydrogen (secondary N) is 2. The van der Waals surface area contributed by atoms with Gasteiger partial charge >= 0.3 is 12.4 Å². The van der Waals surface area contributed by atoms with Gasteiger partial charge in [-0.15, -0.1) is 0 Å². The monoisotopic (exact) mass is 487 g/mol. The van der Waals surface area contributed by atoms with Crippen LogP contribution in [0.2, 0.25) is 0 Å². The van der Waals surface area contributed by atoms with Crippen LogP contribution in [0, 0.1) is 0 Å². The van der Waals surface area contributed by atoms with E-state index in [0.717, 1.165) is 25.7 Å². The van der Waals surface area contributed by atoms with Crippen molar-refractivity contribution >= 4 is 28.6 Å². The lowest BCUT2D eigenvalue weighted by Crippen LogP contribution is -2.43. The van der Waals surface area contributed by atoms with Crippen molar-refractivity contribution in [3.63, 3.8) is 0 Å². The van der Waals surface area contributed by atoms with Gasteiger partial charge in [0.25, 0.3) is 0 Å². The largest absolute Gasteiger partial charge is 0.416 e. The number of alkyl halides is 6. The molecule has 0 aliphatic heterocycles. The zero-order chi connectivity index (χ0) is 24.7. The zero-order valence-electron chi connectivity index (χ0n) is 18.1. The molecule has 1 fully saturated rings. The van der Waals surface area contributed by atoms with E-state index in [9.17, 15) is 26.3 Å². The quantitative estimate of drug-likeness (QED) is 0.423. The van der Waals surface area contributed by atoms with Gasteiger partial charge in [0.15, 0.2) is 17.0 Å². The summed E-state index contributed by atoms with van der Waals surface area (Å²) in [6.07, 6.45) is -4.86. The van der Waals surface area contributed by atoms with Crippen LogP contribution in [0.15, 0.2) is 24.5 Å². The van der Waals surface area contributed by atoms with Crippen molar-refractivity contribution in [2.24, 2.45) is 5.73 Å². The van der Waals surface area contributed by atoms with Crippen molar-refractivity contribution in [2.45, 2.75) is 63.6 Å². The number of rotatable bonds is 5. The molecule has 1 aliphatic rings. The molecule has 0 saturated heterocycles. The van der Waals surface area contributed by atoms with Crippen LogP contribution in [0.3, 0.4) is 0 Å². The minimum atomic E-state index is -4.97. The van der Waals surface area contributed by atoms with Crippen molar-refractivity contribution in [1.82, 2.24) is 19.5 Å². The lowest BCUT2D eigenvalue weighted by molar-refractivity contribution is -0.143. The van der Waals surface area contributed by atoms with Crippen molar-refractivity contribution in [3.05, 3.63) is 35.7 Å². The van der Waals surface area contributed by atoms with E-state index in [1.54, 1.807) is 4.57 Å². The first-order valence-corrected chi connectivity index (χ1v) is 10.8. The summed E-state index contributed by atoms with van der Waals surface area (Å²) in [4.78, 5) is 13.0. The minimum absolute atomic E-state index is 0.0171. The number of benzene rings is 1. The van der Waals surface area contributed by atoms with Gasteiger partial charge in [0.1, 0.15) is 0 Å². The molecular formula is C21H23F6N7. The maximum absolute atomic E-state index is 13.3. The molecule has 4 rings (SSSR count). The predicted octanol–water partition coefficient (Wildman–Crippen LogP) is 5.31. The summed E-state index contributed by atoms with van der Waals surface area (Å²) in [5.74, 6) is 0.145. The van der Waals surface area contributed by atoms with E-state index in [0.29, 0.717) is 24.3 Å². The molecule has 2 unspecified atom stereocenters. The van der Waals surface area contributed by atoms with E-state index in [4.69, 9.17) is 5.73 Å². The molecular weight excluding hydrogens is 464 g/mol. The number of halogens is 6. The van der Waals surface area contributed by atoms with Crippen molar-refractivity contribution in [1.29, 1.82) is 0 Å². The Labute approximate surface area is 190 Å². The van der Waals surface area contributed by atoms with Gasteiger partial charge in [0.05, 0.1) is 17.5 Å². The number of aryl methyl sites for hydroxylation is 1. The van der Waals surface area contributed by atoms with E-state index in [-0.39, 0.29) is 35.4 Å². The van der Waals surface area contributed by atoms with Gasteiger partial charge in [-0.3, -0.25) is 0 Å². The minimum Gasteiger partial charge on any atom is -0.350 e. The molecule has 0 spiro atoms. The predicted molar refractivity (Wildman–Crippen MR) is 115 cm³/mol. The number of aromatic nitrogens is 4. The first kappa shape index (κ1) is 24.0.